The van der Waals surface area contributed by atoms with E-state index in [-0.39, 0.29) is 0 Å². The summed E-state index contributed by atoms with van der Waals surface area (Å²) in [6, 6.07) is 10.2. The van der Waals surface area contributed by atoms with Gasteiger partial charge in [0.05, 0.1) is 29.0 Å². The van der Waals surface area contributed by atoms with Gasteiger partial charge in [0.25, 0.3) is 11.1 Å². The summed E-state index contributed by atoms with van der Waals surface area (Å²) in [5, 5.41) is 17.9. The third-order valence-corrected chi connectivity index (χ3v) is 5.33. The number of methoxy groups -OCH3 is 1. The molecule has 0 bridgehead atoms. The van der Waals surface area contributed by atoms with Crippen LogP contribution in [0.1, 0.15) is 5.89 Å². The van der Waals surface area contributed by atoms with Crippen LogP contribution in [0.5, 0.6) is 5.75 Å². The molecule has 0 aliphatic carbocycles. The van der Waals surface area contributed by atoms with Gasteiger partial charge in [0.1, 0.15) is 5.75 Å². The summed E-state index contributed by atoms with van der Waals surface area (Å²) >= 11 is 19.4. The number of nitrogens with zero attached hydrogens (tertiary/aromatic N) is 4. The third kappa shape index (κ3) is 4.51. The van der Waals surface area contributed by atoms with Gasteiger partial charge in [-0.2, -0.15) is 0 Å². The molecule has 0 atom stereocenters. The van der Waals surface area contributed by atoms with Crippen molar-refractivity contribution in [1.29, 1.82) is 0 Å². The van der Waals surface area contributed by atoms with Gasteiger partial charge in [0, 0.05) is 10.0 Å². The highest BCUT2D eigenvalue weighted by atomic mass is 35.5. The molecule has 2 heterocycles. The summed E-state index contributed by atoms with van der Waals surface area (Å²) < 4.78 is 16.7. The van der Waals surface area contributed by atoms with Crippen LogP contribution in [0.3, 0.4) is 0 Å². The standard InChI is InChI=1S/C18H11Cl3N4O3S/c1-26-14-5-3-9(19)6-12(14)17-24-25-18(28-17)29-8-15-22-23-16(27-15)11-4-2-10(20)7-13(11)21/h2-7H,8H2,1H3. The second-order valence-corrected chi connectivity index (χ2v) is 7.84. The van der Waals surface area contributed by atoms with Crippen molar-refractivity contribution in [3.8, 4) is 28.7 Å². The minimum absolute atomic E-state index is 0.297. The molecule has 0 spiro atoms. The smallest absolute Gasteiger partial charge is 0.277 e. The molecule has 2 aromatic carbocycles. The molecule has 0 saturated carbocycles. The van der Waals surface area contributed by atoms with Gasteiger partial charge in [-0.3, -0.25) is 0 Å². The van der Waals surface area contributed by atoms with Gasteiger partial charge in [-0.05, 0) is 36.4 Å². The van der Waals surface area contributed by atoms with Crippen LogP contribution in [0.15, 0.2) is 50.5 Å². The van der Waals surface area contributed by atoms with E-state index in [4.69, 9.17) is 48.4 Å². The van der Waals surface area contributed by atoms with Crippen LogP contribution in [0.2, 0.25) is 15.1 Å². The number of hydrogen-bond acceptors (Lipinski definition) is 8. The van der Waals surface area contributed by atoms with E-state index >= 15 is 0 Å². The molecular formula is C18H11Cl3N4O3S. The minimum Gasteiger partial charge on any atom is -0.496 e. The predicted molar refractivity (Wildman–Crippen MR) is 111 cm³/mol. The van der Waals surface area contributed by atoms with Crippen LogP contribution in [0.4, 0.5) is 0 Å². The molecule has 0 fully saturated rings. The van der Waals surface area contributed by atoms with E-state index in [2.05, 4.69) is 20.4 Å². The highest BCUT2D eigenvalue weighted by Gasteiger charge is 2.17. The lowest BCUT2D eigenvalue weighted by atomic mass is 10.2. The molecule has 0 unspecified atom stereocenters. The number of thioether (sulfide) groups is 1. The lowest BCUT2D eigenvalue weighted by molar-refractivity contribution is 0.411. The van der Waals surface area contributed by atoms with Crippen LogP contribution < -0.4 is 4.74 Å². The second-order valence-electron chi connectivity index (χ2n) is 5.63. The molecule has 0 aliphatic heterocycles. The highest BCUT2D eigenvalue weighted by Crippen LogP contribution is 2.34. The van der Waals surface area contributed by atoms with Gasteiger partial charge in [-0.15, -0.1) is 20.4 Å². The van der Waals surface area contributed by atoms with Crippen molar-refractivity contribution < 1.29 is 13.6 Å². The fourth-order valence-electron chi connectivity index (χ4n) is 2.43. The third-order valence-electron chi connectivity index (χ3n) is 3.75. The predicted octanol–water partition coefficient (Wildman–Crippen LogP) is 6.05. The zero-order chi connectivity index (χ0) is 20.4. The number of ether oxygens (including phenoxy) is 1. The van der Waals surface area contributed by atoms with E-state index in [0.717, 1.165) is 0 Å². The molecule has 0 N–H and O–H groups in total. The summed E-state index contributed by atoms with van der Waals surface area (Å²) in [5.74, 6) is 1.90. The van der Waals surface area contributed by atoms with Gasteiger partial charge in [0.2, 0.25) is 11.8 Å². The topological polar surface area (TPSA) is 87.1 Å². The molecule has 4 rings (SSSR count). The molecule has 0 saturated heterocycles. The zero-order valence-corrected chi connectivity index (χ0v) is 17.8. The average molecular weight is 470 g/mol. The number of hydrogen-bond donors (Lipinski definition) is 0. The Morgan fingerprint density at radius 2 is 1.59 bits per heavy atom. The number of rotatable bonds is 6. The van der Waals surface area contributed by atoms with Gasteiger partial charge in [-0.25, -0.2) is 0 Å². The summed E-state index contributed by atoms with van der Waals surface area (Å²) in [6.45, 7) is 0. The summed E-state index contributed by atoms with van der Waals surface area (Å²) in [5.41, 5.74) is 1.21. The summed E-state index contributed by atoms with van der Waals surface area (Å²) in [7, 11) is 1.55. The second kappa shape index (κ2) is 8.62. The Bertz CT molecular complexity index is 1160. The molecule has 2 aromatic heterocycles. The maximum Gasteiger partial charge on any atom is 0.277 e. The molecule has 7 nitrogen and oxygen atoms in total. The lowest BCUT2D eigenvalue weighted by Crippen LogP contribution is -1.87. The molecule has 0 aliphatic rings. The fourth-order valence-corrected chi connectivity index (χ4v) is 3.69. The van der Waals surface area contributed by atoms with E-state index in [1.54, 1.807) is 43.5 Å². The van der Waals surface area contributed by atoms with Crippen LogP contribution in [-0.4, -0.2) is 27.5 Å². The molecule has 0 amide bonds. The van der Waals surface area contributed by atoms with Crippen molar-refractivity contribution in [1.82, 2.24) is 20.4 Å². The van der Waals surface area contributed by atoms with Crippen molar-refractivity contribution in [3.63, 3.8) is 0 Å². The van der Waals surface area contributed by atoms with Crippen molar-refractivity contribution in [3.05, 3.63) is 57.4 Å². The Balaban J connectivity index is 1.47. The van der Waals surface area contributed by atoms with Crippen molar-refractivity contribution in [2.75, 3.05) is 7.11 Å². The van der Waals surface area contributed by atoms with E-state index in [9.17, 15) is 0 Å². The van der Waals surface area contributed by atoms with Crippen molar-refractivity contribution in [2.45, 2.75) is 11.0 Å². The summed E-state index contributed by atoms with van der Waals surface area (Å²) in [4.78, 5) is 0. The lowest BCUT2D eigenvalue weighted by Gasteiger charge is -2.04. The highest BCUT2D eigenvalue weighted by molar-refractivity contribution is 7.98. The summed E-state index contributed by atoms with van der Waals surface area (Å²) in [6.07, 6.45) is 0. The van der Waals surface area contributed by atoms with Gasteiger partial charge in [0.15, 0.2) is 0 Å². The Labute approximate surface area is 184 Å². The Morgan fingerprint density at radius 3 is 2.38 bits per heavy atom. The monoisotopic (exact) mass is 468 g/mol. The SMILES string of the molecule is COc1ccc(Cl)cc1-c1nnc(SCc2nnc(-c3ccc(Cl)cc3Cl)o2)o1. The first-order chi connectivity index (χ1) is 14.0. The van der Waals surface area contributed by atoms with Crippen molar-refractivity contribution >= 4 is 46.6 Å². The van der Waals surface area contributed by atoms with Crippen LogP contribution in [-0.2, 0) is 5.75 Å². The number of halogens is 3. The Hall–Kier alpha value is -2.26. The van der Waals surface area contributed by atoms with Crippen LogP contribution >= 0.6 is 46.6 Å². The average Bonchev–Trinajstić information content (AvgIpc) is 3.36. The van der Waals surface area contributed by atoms with Crippen molar-refractivity contribution in [2.24, 2.45) is 0 Å². The molecule has 148 valence electrons. The molecule has 0 radical (unpaired) electrons. The van der Waals surface area contributed by atoms with Gasteiger partial charge >= 0.3 is 0 Å². The molecule has 11 heteroatoms. The Kier molecular flexibility index (Phi) is 5.96. The maximum absolute atomic E-state index is 6.17. The van der Waals surface area contributed by atoms with E-state index in [0.29, 0.717) is 60.6 Å². The molecular weight excluding hydrogens is 459 g/mol. The fraction of sp³-hybridized carbons (Fsp3) is 0.111. The van der Waals surface area contributed by atoms with Crippen LogP contribution in [0, 0.1) is 0 Å². The quantitative estimate of drug-likeness (QED) is 0.315. The van der Waals surface area contributed by atoms with Gasteiger partial charge in [-0.1, -0.05) is 46.6 Å². The van der Waals surface area contributed by atoms with Gasteiger partial charge < -0.3 is 13.6 Å². The largest absolute Gasteiger partial charge is 0.496 e. The van der Waals surface area contributed by atoms with E-state index in [1.807, 2.05) is 0 Å². The van der Waals surface area contributed by atoms with E-state index < -0.39 is 0 Å². The molecule has 29 heavy (non-hydrogen) atoms. The first-order valence-corrected chi connectivity index (χ1v) is 10.2. The first kappa shape index (κ1) is 20.0. The number of benzene rings is 2. The van der Waals surface area contributed by atoms with E-state index in [1.165, 1.54) is 11.8 Å². The first-order valence-electron chi connectivity index (χ1n) is 8.11. The zero-order valence-electron chi connectivity index (χ0n) is 14.7. The maximum atomic E-state index is 6.17. The van der Waals surface area contributed by atoms with Crippen LogP contribution in [0.25, 0.3) is 22.9 Å². The normalized spacial score (nSPS) is 11.0. The minimum atomic E-state index is 0.297. The molecule has 4 aromatic rings. The number of aromatic nitrogens is 4. The Morgan fingerprint density at radius 1 is 0.862 bits per heavy atom.